The molecule has 2 nitrogen and oxygen atoms in total. The molecule has 1 aromatic heterocycles. The minimum Gasteiger partial charge on any atom is -0.513 e. The molecule has 0 aliphatic rings. The van der Waals surface area contributed by atoms with Gasteiger partial charge in [-0.1, -0.05) is 6.08 Å². The summed E-state index contributed by atoms with van der Waals surface area (Å²) in [5, 5.41) is 8.52. The normalized spacial score (nSPS) is 13.3. The molecule has 0 unspecified atom stereocenters. The van der Waals surface area contributed by atoms with Crippen LogP contribution in [0.3, 0.4) is 0 Å². The Morgan fingerprint density at radius 2 is 1.94 bits per heavy atom. The third-order valence-corrected chi connectivity index (χ3v) is 2.81. The van der Waals surface area contributed by atoms with Gasteiger partial charge in [-0.25, -0.2) is 4.39 Å². The van der Waals surface area contributed by atoms with Crippen LogP contribution in [0.5, 0.6) is 0 Å². The van der Waals surface area contributed by atoms with Crippen molar-refractivity contribution < 1.29 is 13.9 Å². The number of furan rings is 1. The van der Waals surface area contributed by atoms with Crippen molar-refractivity contribution in [3.63, 3.8) is 0 Å². The van der Waals surface area contributed by atoms with Crippen LogP contribution in [0, 0.1) is 20.8 Å². The first kappa shape index (κ1) is 12.6. The summed E-state index contributed by atoms with van der Waals surface area (Å²) >= 11 is 0. The van der Waals surface area contributed by atoms with E-state index in [4.69, 9.17) is 9.52 Å². The van der Waals surface area contributed by atoms with Crippen molar-refractivity contribution in [1.82, 2.24) is 0 Å². The molecule has 0 aliphatic heterocycles. The smallest absolute Gasteiger partial charge is 0.159 e. The first-order chi connectivity index (χ1) is 7.47. The van der Waals surface area contributed by atoms with Gasteiger partial charge in [-0.2, -0.15) is 0 Å². The third kappa shape index (κ3) is 2.54. The van der Waals surface area contributed by atoms with E-state index >= 15 is 0 Å². The van der Waals surface area contributed by atoms with Crippen LogP contribution in [-0.4, -0.2) is 5.11 Å². The molecule has 88 valence electrons. The molecule has 0 aliphatic carbocycles. The SMILES string of the molecule is CC(=C\Cc1c(C)oc(C)c1C)/C(F)=C/O. The standard InChI is InChI=1S/C13H17FO2/c1-8(13(14)7-15)5-6-12-9(2)10(3)16-11(12)4/h5,7,15H,6H2,1-4H3/b8-5+,13-7-. The Morgan fingerprint density at radius 1 is 1.31 bits per heavy atom. The van der Waals surface area contributed by atoms with Gasteiger partial charge in [0.2, 0.25) is 0 Å². The molecule has 0 atom stereocenters. The molecular weight excluding hydrogens is 207 g/mol. The Labute approximate surface area is 95.1 Å². The van der Waals surface area contributed by atoms with Crippen molar-refractivity contribution in [2.45, 2.75) is 34.1 Å². The van der Waals surface area contributed by atoms with Crippen LogP contribution in [0.1, 0.15) is 29.6 Å². The van der Waals surface area contributed by atoms with Gasteiger partial charge in [-0.3, -0.25) is 0 Å². The van der Waals surface area contributed by atoms with Gasteiger partial charge in [0.25, 0.3) is 0 Å². The molecule has 3 heteroatoms. The predicted octanol–water partition coefficient (Wildman–Crippen LogP) is 4.06. The summed E-state index contributed by atoms with van der Waals surface area (Å²) < 4.78 is 18.4. The maximum Gasteiger partial charge on any atom is 0.159 e. The molecular formula is C13H17FO2. The molecule has 0 saturated heterocycles. The zero-order valence-electron chi connectivity index (χ0n) is 10.1. The Kier molecular flexibility index (Phi) is 3.93. The third-order valence-electron chi connectivity index (χ3n) is 2.81. The van der Waals surface area contributed by atoms with Crippen LogP contribution in [0.2, 0.25) is 0 Å². The number of hydrogen-bond donors (Lipinski definition) is 1. The lowest BCUT2D eigenvalue weighted by molar-refractivity contribution is 0.444. The van der Waals surface area contributed by atoms with Gasteiger partial charge in [0.05, 0.1) is 0 Å². The summed E-state index contributed by atoms with van der Waals surface area (Å²) in [6.07, 6.45) is 2.83. The average molecular weight is 224 g/mol. The number of halogens is 1. The summed E-state index contributed by atoms with van der Waals surface area (Å²) in [4.78, 5) is 0. The van der Waals surface area contributed by atoms with E-state index < -0.39 is 5.83 Å². The quantitative estimate of drug-likeness (QED) is 0.620. The number of allylic oxidation sites excluding steroid dienone is 3. The van der Waals surface area contributed by atoms with Crippen molar-refractivity contribution in [2.75, 3.05) is 0 Å². The van der Waals surface area contributed by atoms with Crippen LogP contribution in [-0.2, 0) is 6.42 Å². The van der Waals surface area contributed by atoms with Crippen LogP contribution in [0.15, 0.2) is 28.2 Å². The zero-order chi connectivity index (χ0) is 12.3. The largest absolute Gasteiger partial charge is 0.513 e. The molecule has 1 heterocycles. The monoisotopic (exact) mass is 224 g/mol. The highest BCUT2D eigenvalue weighted by Gasteiger charge is 2.09. The van der Waals surface area contributed by atoms with E-state index in [1.54, 1.807) is 13.0 Å². The fourth-order valence-electron chi connectivity index (χ4n) is 1.60. The molecule has 1 N–H and O–H groups in total. The molecule has 16 heavy (non-hydrogen) atoms. The Balaban J connectivity index is 2.90. The number of aryl methyl sites for hydroxylation is 2. The minimum absolute atomic E-state index is 0.431. The van der Waals surface area contributed by atoms with E-state index in [9.17, 15) is 4.39 Å². The first-order valence-electron chi connectivity index (χ1n) is 5.19. The van der Waals surface area contributed by atoms with Crippen LogP contribution in [0.25, 0.3) is 0 Å². The number of aliphatic hydroxyl groups excluding tert-OH is 1. The van der Waals surface area contributed by atoms with Gasteiger partial charge >= 0.3 is 0 Å². The van der Waals surface area contributed by atoms with Gasteiger partial charge in [-0.05, 0) is 45.3 Å². The summed E-state index contributed by atoms with van der Waals surface area (Å²) in [7, 11) is 0. The van der Waals surface area contributed by atoms with Crippen molar-refractivity contribution in [2.24, 2.45) is 0 Å². The molecule has 0 saturated carbocycles. The maximum atomic E-state index is 13.0. The lowest BCUT2D eigenvalue weighted by Gasteiger charge is -1.98. The molecule has 1 aromatic rings. The van der Waals surface area contributed by atoms with Crippen LogP contribution < -0.4 is 0 Å². The van der Waals surface area contributed by atoms with Crippen LogP contribution >= 0.6 is 0 Å². The van der Waals surface area contributed by atoms with Crippen molar-refractivity contribution in [1.29, 1.82) is 0 Å². The second kappa shape index (κ2) is 5.01. The number of rotatable bonds is 3. The minimum atomic E-state index is -0.601. The highest BCUT2D eigenvalue weighted by Crippen LogP contribution is 2.22. The van der Waals surface area contributed by atoms with Crippen molar-refractivity contribution in [3.05, 3.63) is 46.4 Å². The molecule has 0 radical (unpaired) electrons. The van der Waals surface area contributed by atoms with E-state index in [2.05, 4.69) is 0 Å². The average Bonchev–Trinajstić information content (AvgIpc) is 2.49. The first-order valence-corrected chi connectivity index (χ1v) is 5.19. The summed E-state index contributed by atoms with van der Waals surface area (Å²) in [6, 6.07) is 0. The van der Waals surface area contributed by atoms with Gasteiger partial charge < -0.3 is 9.52 Å². The van der Waals surface area contributed by atoms with E-state index in [1.807, 2.05) is 20.8 Å². The Bertz CT molecular complexity index is 439. The fraction of sp³-hybridized carbons (Fsp3) is 0.385. The number of hydrogen-bond acceptors (Lipinski definition) is 2. The maximum absolute atomic E-state index is 13.0. The van der Waals surface area contributed by atoms with Crippen molar-refractivity contribution >= 4 is 0 Å². The molecule has 0 aromatic carbocycles. The van der Waals surface area contributed by atoms with Gasteiger partial charge in [-0.15, -0.1) is 0 Å². The van der Waals surface area contributed by atoms with E-state index in [1.165, 1.54) is 0 Å². The molecule has 0 amide bonds. The van der Waals surface area contributed by atoms with E-state index in [-0.39, 0.29) is 0 Å². The van der Waals surface area contributed by atoms with E-state index in [0.29, 0.717) is 18.3 Å². The van der Waals surface area contributed by atoms with Crippen LogP contribution in [0.4, 0.5) is 4.39 Å². The number of aliphatic hydroxyl groups is 1. The fourth-order valence-corrected chi connectivity index (χ4v) is 1.60. The highest BCUT2D eigenvalue weighted by atomic mass is 19.1. The molecule has 0 spiro atoms. The van der Waals surface area contributed by atoms with Gasteiger partial charge in [0, 0.05) is 5.56 Å². The second-order valence-electron chi connectivity index (χ2n) is 3.89. The summed E-state index contributed by atoms with van der Waals surface area (Å²) in [6.45, 7) is 7.43. The molecule has 0 fully saturated rings. The van der Waals surface area contributed by atoms with E-state index in [0.717, 1.165) is 22.6 Å². The summed E-state index contributed by atoms with van der Waals surface area (Å²) in [5.41, 5.74) is 2.62. The Hall–Kier alpha value is -1.51. The lowest BCUT2D eigenvalue weighted by atomic mass is 10.1. The predicted molar refractivity (Wildman–Crippen MR) is 62.2 cm³/mol. The van der Waals surface area contributed by atoms with Gasteiger partial charge in [0.1, 0.15) is 17.8 Å². The molecule has 1 rings (SSSR count). The summed E-state index contributed by atoms with van der Waals surface area (Å²) in [5.74, 6) is 1.17. The highest BCUT2D eigenvalue weighted by molar-refractivity contribution is 5.34. The Morgan fingerprint density at radius 3 is 2.38 bits per heavy atom. The topological polar surface area (TPSA) is 33.4 Å². The molecule has 0 bridgehead atoms. The zero-order valence-corrected chi connectivity index (χ0v) is 10.1. The van der Waals surface area contributed by atoms with Gasteiger partial charge in [0.15, 0.2) is 5.83 Å². The lowest BCUT2D eigenvalue weighted by Crippen LogP contribution is -1.87. The van der Waals surface area contributed by atoms with Crippen molar-refractivity contribution in [3.8, 4) is 0 Å². The second-order valence-corrected chi connectivity index (χ2v) is 3.89.